The van der Waals surface area contributed by atoms with Crippen LogP contribution in [0.15, 0.2) is 36.4 Å². The number of aromatic nitrogens is 3. The minimum atomic E-state index is -4.58. The quantitative estimate of drug-likeness (QED) is 0.557. The molecule has 176 valence electrons. The van der Waals surface area contributed by atoms with Crippen molar-refractivity contribution >= 4 is 34.8 Å². The first-order valence-electron chi connectivity index (χ1n) is 10.5. The van der Waals surface area contributed by atoms with Gasteiger partial charge in [0.05, 0.1) is 5.69 Å². The van der Waals surface area contributed by atoms with E-state index >= 15 is 0 Å². The van der Waals surface area contributed by atoms with Gasteiger partial charge in [-0.05, 0) is 24.3 Å². The van der Waals surface area contributed by atoms with E-state index in [1.807, 2.05) is 20.8 Å². The van der Waals surface area contributed by atoms with Gasteiger partial charge in [-0.25, -0.2) is 9.78 Å². The van der Waals surface area contributed by atoms with E-state index in [1.165, 1.54) is 4.52 Å². The molecule has 1 aromatic carbocycles. The van der Waals surface area contributed by atoms with Crippen LogP contribution in [0.3, 0.4) is 0 Å². The van der Waals surface area contributed by atoms with Crippen LogP contribution in [0.25, 0.3) is 5.65 Å². The van der Waals surface area contributed by atoms with E-state index in [9.17, 15) is 18.0 Å². The lowest BCUT2D eigenvalue weighted by molar-refractivity contribution is -0.141. The standard InChI is InChI=1S/C22H24ClF3N6O/c1-21(2,3)16-12-18-28-17(22(24,25)26)13-19(32(18)29-16)30-8-10-31(11-9-30)20(33)27-15-6-4-14(23)5-7-15/h4-7,12-13H,8-11H2,1-3H3,(H,27,33). The summed E-state index contributed by atoms with van der Waals surface area (Å²) in [4.78, 5) is 19.8. The van der Waals surface area contributed by atoms with E-state index in [1.54, 1.807) is 40.1 Å². The molecule has 0 radical (unpaired) electrons. The fraction of sp³-hybridized carbons (Fsp3) is 0.409. The molecule has 0 aliphatic carbocycles. The predicted molar refractivity (Wildman–Crippen MR) is 121 cm³/mol. The average molecular weight is 481 g/mol. The molecule has 7 nitrogen and oxygen atoms in total. The molecule has 1 N–H and O–H groups in total. The highest BCUT2D eigenvalue weighted by Gasteiger charge is 2.35. The number of amides is 2. The Hall–Kier alpha value is -3.01. The minimum Gasteiger partial charge on any atom is -0.353 e. The van der Waals surface area contributed by atoms with Crippen LogP contribution in [0, 0.1) is 0 Å². The van der Waals surface area contributed by atoms with Crippen molar-refractivity contribution in [1.29, 1.82) is 0 Å². The fourth-order valence-corrected chi connectivity index (χ4v) is 3.70. The first-order chi connectivity index (χ1) is 15.4. The molecule has 33 heavy (non-hydrogen) atoms. The molecule has 3 aromatic rings. The second-order valence-electron chi connectivity index (χ2n) is 8.96. The van der Waals surface area contributed by atoms with E-state index in [-0.39, 0.29) is 17.1 Å². The van der Waals surface area contributed by atoms with Gasteiger partial charge in [-0.15, -0.1) is 0 Å². The smallest absolute Gasteiger partial charge is 0.353 e. The summed E-state index contributed by atoms with van der Waals surface area (Å²) >= 11 is 5.87. The van der Waals surface area contributed by atoms with Gasteiger partial charge in [0.25, 0.3) is 0 Å². The Morgan fingerprint density at radius 2 is 1.64 bits per heavy atom. The predicted octanol–water partition coefficient (Wildman–Crippen LogP) is 5.05. The van der Waals surface area contributed by atoms with E-state index in [2.05, 4.69) is 15.4 Å². The number of carbonyl (C=O) groups is 1. The van der Waals surface area contributed by atoms with E-state index in [4.69, 9.17) is 11.6 Å². The third-order valence-corrected chi connectivity index (χ3v) is 5.71. The lowest BCUT2D eigenvalue weighted by Gasteiger charge is -2.36. The van der Waals surface area contributed by atoms with Crippen molar-refractivity contribution in [3.05, 3.63) is 52.8 Å². The lowest BCUT2D eigenvalue weighted by Crippen LogP contribution is -2.50. The number of fused-ring (bicyclic) bond motifs is 1. The Bertz CT molecular complexity index is 1160. The molecule has 1 aliphatic rings. The maximum absolute atomic E-state index is 13.5. The number of nitrogens with zero attached hydrogens (tertiary/aromatic N) is 5. The van der Waals surface area contributed by atoms with Crippen molar-refractivity contribution in [2.75, 3.05) is 36.4 Å². The second-order valence-corrected chi connectivity index (χ2v) is 9.39. The average Bonchev–Trinajstić information content (AvgIpc) is 3.19. The Kier molecular flexibility index (Phi) is 5.90. The summed E-state index contributed by atoms with van der Waals surface area (Å²) in [7, 11) is 0. The molecule has 1 saturated heterocycles. The summed E-state index contributed by atoms with van der Waals surface area (Å²) in [5.74, 6) is 0.306. The Labute approximate surface area is 194 Å². The molecule has 0 saturated carbocycles. The third-order valence-electron chi connectivity index (χ3n) is 5.45. The molecule has 1 aliphatic heterocycles. The van der Waals surface area contributed by atoms with E-state index < -0.39 is 11.9 Å². The molecule has 0 spiro atoms. The van der Waals surface area contributed by atoms with Gasteiger partial charge in [-0.2, -0.15) is 22.8 Å². The highest BCUT2D eigenvalue weighted by molar-refractivity contribution is 6.30. The summed E-state index contributed by atoms with van der Waals surface area (Å²) in [5, 5.41) is 7.91. The van der Waals surface area contributed by atoms with Gasteiger partial charge < -0.3 is 15.1 Å². The number of carbonyl (C=O) groups excluding carboxylic acids is 1. The molecule has 1 fully saturated rings. The number of halogens is 4. The number of hydrogen-bond acceptors (Lipinski definition) is 4. The van der Waals surface area contributed by atoms with Crippen LogP contribution >= 0.6 is 11.6 Å². The van der Waals surface area contributed by atoms with Crippen LogP contribution in [0.4, 0.5) is 29.5 Å². The van der Waals surface area contributed by atoms with Crippen molar-refractivity contribution in [3.63, 3.8) is 0 Å². The van der Waals surface area contributed by atoms with Gasteiger partial charge in [-0.3, -0.25) is 0 Å². The van der Waals surface area contributed by atoms with Crippen LogP contribution in [-0.4, -0.2) is 51.7 Å². The maximum atomic E-state index is 13.5. The summed E-state index contributed by atoms with van der Waals surface area (Å²) in [5.41, 5.74) is 0.100. The monoisotopic (exact) mass is 480 g/mol. The summed E-state index contributed by atoms with van der Waals surface area (Å²) in [6.07, 6.45) is -4.58. The largest absolute Gasteiger partial charge is 0.433 e. The summed E-state index contributed by atoms with van der Waals surface area (Å²) in [6, 6.07) is 9.10. The number of alkyl halides is 3. The van der Waals surface area contributed by atoms with Gasteiger partial charge >= 0.3 is 12.2 Å². The fourth-order valence-electron chi connectivity index (χ4n) is 3.57. The molecule has 4 rings (SSSR count). The number of nitrogens with one attached hydrogen (secondary N) is 1. The van der Waals surface area contributed by atoms with Gasteiger partial charge in [0, 0.05) is 54.4 Å². The number of rotatable bonds is 2. The van der Waals surface area contributed by atoms with Crippen molar-refractivity contribution in [2.45, 2.75) is 32.4 Å². The minimum absolute atomic E-state index is 0.146. The molecule has 11 heteroatoms. The molecule has 0 unspecified atom stereocenters. The molecule has 0 bridgehead atoms. The zero-order valence-corrected chi connectivity index (χ0v) is 19.2. The van der Waals surface area contributed by atoms with Gasteiger partial charge in [0.2, 0.25) is 0 Å². The SMILES string of the molecule is CC(C)(C)c1cc2nc(C(F)(F)F)cc(N3CCN(C(=O)Nc4ccc(Cl)cc4)CC3)n2n1. The zero-order chi connectivity index (χ0) is 24.0. The summed E-state index contributed by atoms with van der Waals surface area (Å²) < 4.78 is 42.0. The molecule has 2 aromatic heterocycles. The van der Waals surface area contributed by atoms with Gasteiger partial charge in [0.1, 0.15) is 5.82 Å². The van der Waals surface area contributed by atoms with Crippen molar-refractivity contribution in [3.8, 4) is 0 Å². The highest BCUT2D eigenvalue weighted by Crippen LogP contribution is 2.32. The number of hydrogen-bond donors (Lipinski definition) is 1. The first-order valence-corrected chi connectivity index (χ1v) is 10.8. The number of benzene rings is 1. The summed E-state index contributed by atoms with van der Waals surface area (Å²) in [6.45, 7) is 7.23. The maximum Gasteiger partial charge on any atom is 0.433 e. The van der Waals surface area contributed by atoms with E-state index in [0.717, 1.165) is 6.07 Å². The van der Waals surface area contributed by atoms with Gasteiger partial charge in [0.15, 0.2) is 11.3 Å². The number of urea groups is 1. The molecular weight excluding hydrogens is 457 g/mol. The normalized spacial score (nSPS) is 15.2. The van der Waals surface area contributed by atoms with Gasteiger partial charge in [-0.1, -0.05) is 32.4 Å². The first kappa shape index (κ1) is 23.2. The number of anilines is 2. The van der Waals surface area contributed by atoms with Crippen molar-refractivity contribution in [2.24, 2.45) is 0 Å². The lowest BCUT2D eigenvalue weighted by atomic mass is 9.93. The highest BCUT2D eigenvalue weighted by atomic mass is 35.5. The molecule has 3 heterocycles. The van der Waals surface area contributed by atoms with Crippen LogP contribution in [0.2, 0.25) is 5.02 Å². The molecular formula is C22H24ClF3N6O. The van der Waals surface area contributed by atoms with E-state index in [0.29, 0.717) is 48.4 Å². The van der Waals surface area contributed by atoms with Crippen LogP contribution < -0.4 is 10.2 Å². The third kappa shape index (κ3) is 5.00. The van der Waals surface area contributed by atoms with Crippen molar-refractivity contribution in [1.82, 2.24) is 19.5 Å². The Morgan fingerprint density at radius 1 is 1.00 bits per heavy atom. The van der Waals surface area contributed by atoms with Crippen molar-refractivity contribution < 1.29 is 18.0 Å². The molecule has 0 atom stereocenters. The second kappa shape index (κ2) is 8.40. The van der Waals surface area contributed by atoms with Crippen LogP contribution in [0.5, 0.6) is 0 Å². The Balaban J connectivity index is 1.56. The zero-order valence-electron chi connectivity index (χ0n) is 18.4. The van der Waals surface area contributed by atoms with Crippen LogP contribution in [-0.2, 0) is 11.6 Å². The van der Waals surface area contributed by atoms with Crippen LogP contribution in [0.1, 0.15) is 32.2 Å². The molecule has 2 amide bonds. The number of piperazine rings is 1. The topological polar surface area (TPSA) is 65.8 Å². The Morgan fingerprint density at radius 3 is 2.21 bits per heavy atom.